The molecule has 6 aromatic rings. The summed E-state index contributed by atoms with van der Waals surface area (Å²) in [7, 11) is 0. The van der Waals surface area contributed by atoms with Gasteiger partial charge in [-0.25, -0.2) is 0 Å². The van der Waals surface area contributed by atoms with Crippen molar-refractivity contribution in [2.45, 2.75) is 45.6 Å². The van der Waals surface area contributed by atoms with E-state index < -0.39 is 0 Å². The molecular weight excluding hydrogens is 629 g/mol. The summed E-state index contributed by atoms with van der Waals surface area (Å²) in [6.45, 7) is 4.32. The second kappa shape index (κ2) is 15.8. The zero-order valence-corrected chi connectivity index (χ0v) is 28.8. The van der Waals surface area contributed by atoms with Crippen LogP contribution in [-0.2, 0) is 25.7 Å². The van der Waals surface area contributed by atoms with Gasteiger partial charge in [-0.15, -0.1) is 22.7 Å². The number of para-hydroxylation sites is 2. The smallest absolute Gasteiger partial charge is 0.259 e. The Labute approximate surface area is 291 Å². The second-order valence-electron chi connectivity index (χ2n) is 11.6. The number of carbonyl (C=O) groups excluding carboxylic acids is 2. The van der Waals surface area contributed by atoms with E-state index in [1.165, 1.54) is 14.6 Å². The van der Waals surface area contributed by atoms with Crippen molar-refractivity contribution in [2.24, 2.45) is 4.99 Å². The van der Waals surface area contributed by atoms with E-state index in [1.807, 2.05) is 126 Å². The fraction of sp³-hybridized carbons (Fsp3) is 0.167. The molecule has 0 radical (unpaired) electrons. The van der Waals surface area contributed by atoms with Crippen LogP contribution in [0.4, 0.5) is 11.4 Å². The molecule has 1 atom stereocenters. The number of amides is 1. The van der Waals surface area contributed by atoms with Crippen LogP contribution < -0.4 is 4.90 Å². The second-order valence-corrected chi connectivity index (χ2v) is 14.0. The number of fused-ring (bicyclic) bond motifs is 1. The third kappa shape index (κ3) is 7.79. The molecule has 0 fully saturated rings. The largest absolute Gasteiger partial charge is 0.300 e. The van der Waals surface area contributed by atoms with E-state index in [0.29, 0.717) is 12.0 Å². The summed E-state index contributed by atoms with van der Waals surface area (Å²) < 4.78 is 0. The highest BCUT2D eigenvalue weighted by Gasteiger charge is 2.34. The first kappa shape index (κ1) is 33.0. The number of aliphatic imine (C=N–C) groups is 1. The van der Waals surface area contributed by atoms with Crippen molar-refractivity contribution in [1.29, 1.82) is 0 Å². The summed E-state index contributed by atoms with van der Waals surface area (Å²) >= 11 is 3.56. The lowest BCUT2D eigenvalue weighted by Crippen LogP contribution is -2.40. The Balaban J connectivity index is 0.000000167. The molecule has 0 bridgehead atoms. The van der Waals surface area contributed by atoms with Crippen LogP contribution in [0, 0.1) is 0 Å². The van der Waals surface area contributed by atoms with Crippen molar-refractivity contribution in [2.75, 3.05) is 4.90 Å². The van der Waals surface area contributed by atoms with Crippen LogP contribution in [0.25, 0.3) is 0 Å². The average molecular weight is 667 g/mol. The fourth-order valence-corrected chi connectivity index (χ4v) is 7.71. The minimum absolute atomic E-state index is 0.0695. The summed E-state index contributed by atoms with van der Waals surface area (Å²) in [5, 5.41) is 0. The summed E-state index contributed by atoms with van der Waals surface area (Å²) in [5.41, 5.74) is 5.35. The van der Waals surface area contributed by atoms with E-state index >= 15 is 0 Å². The molecule has 0 N–H and O–H groups in total. The van der Waals surface area contributed by atoms with Crippen molar-refractivity contribution >= 4 is 52.0 Å². The van der Waals surface area contributed by atoms with Crippen LogP contribution in [0.5, 0.6) is 0 Å². The number of thiophene rings is 2. The molecule has 6 heteroatoms. The highest BCUT2D eigenvalue weighted by atomic mass is 32.1. The molecule has 7 rings (SSSR count). The first-order chi connectivity index (χ1) is 23.5. The van der Waals surface area contributed by atoms with E-state index in [4.69, 9.17) is 0 Å². The molecule has 4 nitrogen and oxygen atoms in total. The Kier molecular flexibility index (Phi) is 10.9. The maximum absolute atomic E-state index is 13.2. The molecule has 1 aliphatic rings. The molecule has 0 saturated heterocycles. The standard InChI is InChI=1S/2C21H19NOS/c1-2-17-12-13-20(24-17)19-14-15-8-6-7-11-18(15)21(23)22(19)16-9-4-3-5-10-16;1-2-17-12-13-18(24-17)15-22-20-11-7-6-10-19(20)21(23)14-16-8-4-3-5-9-16/h3-13,19H,2,14H2,1H3;3-13,15H,2,14H2,1H3. The predicted molar refractivity (Wildman–Crippen MR) is 202 cm³/mol. The molecule has 1 unspecified atom stereocenters. The average Bonchev–Trinajstić information content (AvgIpc) is 3.82. The molecule has 0 aliphatic carbocycles. The maximum Gasteiger partial charge on any atom is 0.259 e. The van der Waals surface area contributed by atoms with Gasteiger partial charge >= 0.3 is 0 Å². The summed E-state index contributed by atoms with van der Waals surface area (Å²) in [6.07, 6.45) is 5.17. The van der Waals surface area contributed by atoms with Gasteiger partial charge in [0.1, 0.15) is 0 Å². The SMILES string of the molecule is CCc1ccc(C2Cc3ccccc3C(=O)N2c2ccccc2)s1.CCc1ccc(C=Nc2ccccc2C(=O)Cc2ccccc2)s1. The topological polar surface area (TPSA) is 49.7 Å². The molecule has 0 saturated carbocycles. The number of carbonyl (C=O) groups is 2. The van der Waals surface area contributed by atoms with Gasteiger partial charge in [-0.05, 0) is 85.0 Å². The number of ketones is 1. The van der Waals surface area contributed by atoms with Gasteiger partial charge in [-0.1, -0.05) is 92.7 Å². The number of Topliss-reactive ketones (excluding diaryl/α,β-unsaturated/α-hetero) is 1. The molecule has 48 heavy (non-hydrogen) atoms. The lowest BCUT2D eigenvalue weighted by atomic mass is 9.92. The molecular formula is C42H38N2O2S2. The molecule has 3 heterocycles. The van der Waals surface area contributed by atoms with Crippen LogP contribution in [0.2, 0.25) is 0 Å². The number of hydrogen-bond acceptors (Lipinski definition) is 5. The first-order valence-corrected chi connectivity index (χ1v) is 18.0. The molecule has 1 aliphatic heterocycles. The Morgan fingerprint density at radius 3 is 2.12 bits per heavy atom. The van der Waals surface area contributed by atoms with E-state index in [9.17, 15) is 9.59 Å². The lowest BCUT2D eigenvalue weighted by molar-refractivity contribution is 0.0965. The van der Waals surface area contributed by atoms with Crippen LogP contribution in [0.1, 0.15) is 71.2 Å². The first-order valence-electron chi connectivity index (χ1n) is 16.4. The maximum atomic E-state index is 13.2. The third-order valence-corrected chi connectivity index (χ3v) is 10.9. The van der Waals surface area contributed by atoms with Crippen LogP contribution in [0.3, 0.4) is 0 Å². The van der Waals surface area contributed by atoms with Gasteiger partial charge in [0.2, 0.25) is 0 Å². The van der Waals surface area contributed by atoms with E-state index in [2.05, 4.69) is 49.2 Å². The summed E-state index contributed by atoms with van der Waals surface area (Å²) in [4.78, 5) is 37.4. The molecule has 240 valence electrons. The van der Waals surface area contributed by atoms with Gasteiger partial charge in [0.15, 0.2) is 5.78 Å². The van der Waals surface area contributed by atoms with E-state index in [1.54, 1.807) is 11.3 Å². The normalized spacial score (nSPS) is 14.0. The van der Waals surface area contributed by atoms with Crippen LogP contribution >= 0.6 is 22.7 Å². The van der Waals surface area contributed by atoms with Crippen molar-refractivity contribution < 1.29 is 9.59 Å². The Morgan fingerprint density at radius 1 is 0.750 bits per heavy atom. The number of benzene rings is 4. The highest BCUT2D eigenvalue weighted by molar-refractivity contribution is 7.13. The molecule has 2 aromatic heterocycles. The minimum Gasteiger partial charge on any atom is -0.300 e. The summed E-state index contributed by atoms with van der Waals surface area (Å²) in [5.74, 6) is 0.189. The van der Waals surface area contributed by atoms with Crippen molar-refractivity contribution in [3.63, 3.8) is 0 Å². The number of nitrogens with zero attached hydrogens (tertiary/aromatic N) is 2. The molecule has 0 spiro atoms. The zero-order valence-electron chi connectivity index (χ0n) is 27.2. The summed E-state index contributed by atoms with van der Waals surface area (Å²) in [6, 6.07) is 44.0. The Morgan fingerprint density at radius 2 is 1.40 bits per heavy atom. The van der Waals surface area contributed by atoms with Gasteiger partial charge in [0.05, 0.1) is 11.7 Å². The number of anilines is 1. The number of rotatable bonds is 9. The number of aryl methyl sites for hydroxylation is 2. The van der Waals surface area contributed by atoms with Gasteiger partial charge in [-0.3, -0.25) is 19.5 Å². The van der Waals surface area contributed by atoms with Crippen molar-refractivity contribution in [3.05, 3.63) is 175 Å². The van der Waals surface area contributed by atoms with Crippen LogP contribution in [-0.4, -0.2) is 17.9 Å². The minimum atomic E-state index is 0.0695. The highest BCUT2D eigenvalue weighted by Crippen LogP contribution is 2.39. The molecule has 4 aromatic carbocycles. The van der Waals surface area contributed by atoms with Gasteiger partial charge in [-0.2, -0.15) is 0 Å². The number of hydrogen-bond donors (Lipinski definition) is 0. The quantitative estimate of drug-likeness (QED) is 0.114. The monoisotopic (exact) mass is 666 g/mol. The van der Waals surface area contributed by atoms with E-state index in [0.717, 1.165) is 52.2 Å². The van der Waals surface area contributed by atoms with Gasteiger partial charge < -0.3 is 0 Å². The predicted octanol–water partition coefficient (Wildman–Crippen LogP) is 10.7. The van der Waals surface area contributed by atoms with Gasteiger partial charge in [0.25, 0.3) is 5.91 Å². The molecule has 1 amide bonds. The van der Waals surface area contributed by atoms with Crippen molar-refractivity contribution in [3.8, 4) is 0 Å². The lowest BCUT2D eigenvalue weighted by Gasteiger charge is -2.36. The fourth-order valence-electron chi connectivity index (χ4n) is 5.84. The van der Waals surface area contributed by atoms with Crippen LogP contribution in [0.15, 0.2) is 138 Å². The zero-order chi connectivity index (χ0) is 33.3. The van der Waals surface area contributed by atoms with Crippen molar-refractivity contribution in [1.82, 2.24) is 0 Å². The Hall–Kier alpha value is -4.91. The van der Waals surface area contributed by atoms with Gasteiger partial charge in [0, 0.05) is 49.0 Å². The van der Waals surface area contributed by atoms with E-state index in [-0.39, 0.29) is 17.7 Å². The third-order valence-electron chi connectivity index (χ3n) is 8.36. The Bertz CT molecular complexity index is 2010.